The molecule has 3 nitrogen and oxygen atoms in total. The number of hydrogen-bond acceptors (Lipinski definition) is 2. The highest BCUT2D eigenvalue weighted by molar-refractivity contribution is 7.80. The molecule has 1 N–H and O–H groups in total. The van der Waals surface area contributed by atoms with Crippen molar-refractivity contribution >= 4 is 17.3 Å². The van der Waals surface area contributed by atoms with Gasteiger partial charge in [0.05, 0.1) is 12.2 Å². The molecule has 0 radical (unpaired) electrons. The first-order valence-corrected chi connectivity index (χ1v) is 7.73. The Labute approximate surface area is 115 Å². The van der Waals surface area contributed by atoms with Gasteiger partial charge in [-0.15, -0.1) is 0 Å². The van der Waals surface area contributed by atoms with E-state index in [0.717, 1.165) is 30.0 Å². The molecule has 102 valence electrons. The average Bonchev–Trinajstić information content (AvgIpc) is 2.89. The molecular weight excluding hydrogens is 244 g/mol. The molecule has 0 unspecified atom stereocenters. The van der Waals surface area contributed by atoms with E-state index in [0.29, 0.717) is 6.04 Å². The second-order valence-electron chi connectivity index (χ2n) is 6.39. The predicted molar refractivity (Wildman–Crippen MR) is 76.6 cm³/mol. The molecule has 0 aromatic rings. The van der Waals surface area contributed by atoms with Gasteiger partial charge in [-0.2, -0.15) is 0 Å². The standard InChI is InChI=1S/C14H24N2OS/c1-9-7-16(8-10(2)17-9)14(18)15-13-6-11-3-4-12(13)5-11/h9-13H,3-8H2,1-2H3,(H,15,18)/t9-,10-,11-,12-,13-/m1/s1. The molecule has 2 aliphatic carbocycles. The SMILES string of the molecule is C[C@@H]1CN(C(=S)N[C@@H]2C[C@@H]3CC[C@@H]2C3)C[C@@H](C)O1. The first kappa shape index (κ1) is 12.7. The van der Waals surface area contributed by atoms with Gasteiger partial charge < -0.3 is 15.0 Å². The number of hydrogen-bond donors (Lipinski definition) is 1. The number of rotatable bonds is 1. The third-order valence-electron chi connectivity index (χ3n) is 4.75. The smallest absolute Gasteiger partial charge is 0.169 e. The topological polar surface area (TPSA) is 24.5 Å². The minimum absolute atomic E-state index is 0.286. The summed E-state index contributed by atoms with van der Waals surface area (Å²) in [5.41, 5.74) is 0. The van der Waals surface area contributed by atoms with E-state index in [2.05, 4.69) is 24.1 Å². The summed E-state index contributed by atoms with van der Waals surface area (Å²) in [5, 5.41) is 4.58. The van der Waals surface area contributed by atoms with Gasteiger partial charge in [0, 0.05) is 19.1 Å². The number of ether oxygens (including phenoxy) is 1. The van der Waals surface area contributed by atoms with Crippen LogP contribution in [0.5, 0.6) is 0 Å². The zero-order chi connectivity index (χ0) is 12.7. The van der Waals surface area contributed by atoms with Crippen LogP contribution >= 0.6 is 12.2 Å². The molecule has 0 amide bonds. The van der Waals surface area contributed by atoms with Crippen LogP contribution in [0.25, 0.3) is 0 Å². The van der Waals surface area contributed by atoms with Crippen molar-refractivity contribution in [3.8, 4) is 0 Å². The third kappa shape index (κ3) is 2.50. The zero-order valence-corrected chi connectivity index (χ0v) is 12.2. The number of nitrogens with zero attached hydrogens (tertiary/aromatic N) is 1. The van der Waals surface area contributed by atoms with Crippen molar-refractivity contribution < 1.29 is 4.74 Å². The van der Waals surface area contributed by atoms with Crippen LogP contribution in [0.2, 0.25) is 0 Å². The lowest BCUT2D eigenvalue weighted by Crippen LogP contribution is -2.54. The minimum Gasteiger partial charge on any atom is -0.372 e. The minimum atomic E-state index is 0.286. The molecule has 1 aliphatic heterocycles. The van der Waals surface area contributed by atoms with E-state index in [4.69, 9.17) is 17.0 Å². The van der Waals surface area contributed by atoms with Gasteiger partial charge in [-0.3, -0.25) is 0 Å². The largest absolute Gasteiger partial charge is 0.372 e. The Morgan fingerprint density at radius 2 is 1.89 bits per heavy atom. The molecule has 5 atom stereocenters. The van der Waals surface area contributed by atoms with Crippen LogP contribution in [0.15, 0.2) is 0 Å². The number of nitrogens with one attached hydrogen (secondary N) is 1. The van der Waals surface area contributed by atoms with Crippen LogP contribution < -0.4 is 5.32 Å². The highest BCUT2D eigenvalue weighted by Crippen LogP contribution is 2.44. The van der Waals surface area contributed by atoms with Gasteiger partial charge in [0.2, 0.25) is 0 Å². The Hall–Kier alpha value is -0.350. The van der Waals surface area contributed by atoms with Crippen molar-refractivity contribution in [2.45, 2.75) is 57.8 Å². The average molecular weight is 268 g/mol. The van der Waals surface area contributed by atoms with Gasteiger partial charge in [-0.05, 0) is 57.2 Å². The fraction of sp³-hybridized carbons (Fsp3) is 0.929. The molecule has 0 spiro atoms. The van der Waals surface area contributed by atoms with E-state index in [1.54, 1.807) is 0 Å². The number of morpholine rings is 1. The van der Waals surface area contributed by atoms with Gasteiger partial charge in [-0.25, -0.2) is 0 Å². The molecule has 4 heteroatoms. The van der Waals surface area contributed by atoms with E-state index in [9.17, 15) is 0 Å². The van der Waals surface area contributed by atoms with Crippen LogP contribution in [0.1, 0.15) is 39.5 Å². The van der Waals surface area contributed by atoms with Crippen LogP contribution in [0.4, 0.5) is 0 Å². The first-order chi connectivity index (χ1) is 8.61. The summed E-state index contributed by atoms with van der Waals surface area (Å²) < 4.78 is 5.76. The van der Waals surface area contributed by atoms with Gasteiger partial charge in [0.25, 0.3) is 0 Å². The third-order valence-corrected chi connectivity index (χ3v) is 5.13. The predicted octanol–water partition coefficient (Wildman–Crippen LogP) is 2.16. The van der Waals surface area contributed by atoms with Crippen molar-refractivity contribution in [3.05, 3.63) is 0 Å². The Bertz CT molecular complexity index is 326. The van der Waals surface area contributed by atoms with Gasteiger partial charge in [-0.1, -0.05) is 6.42 Å². The summed E-state index contributed by atoms with van der Waals surface area (Å²) in [7, 11) is 0. The summed E-state index contributed by atoms with van der Waals surface area (Å²) in [6, 6.07) is 0.643. The molecule has 1 saturated heterocycles. The zero-order valence-electron chi connectivity index (χ0n) is 11.4. The Balaban J connectivity index is 1.55. The molecule has 3 rings (SSSR count). The second kappa shape index (κ2) is 4.97. The van der Waals surface area contributed by atoms with Crippen molar-refractivity contribution in [3.63, 3.8) is 0 Å². The first-order valence-electron chi connectivity index (χ1n) is 7.32. The molecule has 18 heavy (non-hydrogen) atoms. The molecule has 3 fully saturated rings. The molecular formula is C14H24N2OS. The molecule has 1 heterocycles. The molecule has 2 saturated carbocycles. The fourth-order valence-electron chi connectivity index (χ4n) is 4.02. The maximum absolute atomic E-state index is 5.76. The van der Waals surface area contributed by atoms with Crippen LogP contribution in [-0.2, 0) is 4.74 Å². The van der Waals surface area contributed by atoms with E-state index < -0.39 is 0 Å². The summed E-state index contributed by atoms with van der Waals surface area (Å²) in [5.74, 6) is 1.85. The van der Waals surface area contributed by atoms with Crippen LogP contribution in [0.3, 0.4) is 0 Å². The molecule has 2 bridgehead atoms. The van der Waals surface area contributed by atoms with Crippen molar-refractivity contribution in [1.29, 1.82) is 0 Å². The summed E-state index contributed by atoms with van der Waals surface area (Å²) in [6.45, 7) is 6.11. The van der Waals surface area contributed by atoms with Gasteiger partial charge >= 0.3 is 0 Å². The highest BCUT2D eigenvalue weighted by atomic mass is 32.1. The highest BCUT2D eigenvalue weighted by Gasteiger charge is 2.40. The molecule has 0 aromatic carbocycles. The van der Waals surface area contributed by atoms with Crippen molar-refractivity contribution in [2.24, 2.45) is 11.8 Å². The monoisotopic (exact) mass is 268 g/mol. The summed E-state index contributed by atoms with van der Waals surface area (Å²) in [4.78, 5) is 2.29. The van der Waals surface area contributed by atoms with Crippen LogP contribution in [-0.4, -0.2) is 41.4 Å². The normalized spacial score (nSPS) is 43.2. The summed E-state index contributed by atoms with van der Waals surface area (Å²) in [6.07, 6.45) is 6.18. The van der Waals surface area contributed by atoms with Gasteiger partial charge in [0.1, 0.15) is 0 Å². The lowest BCUT2D eigenvalue weighted by Gasteiger charge is -2.38. The maximum Gasteiger partial charge on any atom is 0.169 e. The maximum atomic E-state index is 5.76. The number of fused-ring (bicyclic) bond motifs is 2. The van der Waals surface area contributed by atoms with E-state index in [1.165, 1.54) is 25.7 Å². The van der Waals surface area contributed by atoms with E-state index >= 15 is 0 Å². The number of thiocarbonyl (C=S) groups is 1. The van der Waals surface area contributed by atoms with Gasteiger partial charge in [0.15, 0.2) is 5.11 Å². The lowest BCUT2D eigenvalue weighted by molar-refractivity contribution is -0.0484. The lowest BCUT2D eigenvalue weighted by atomic mass is 9.95. The molecule has 3 aliphatic rings. The Morgan fingerprint density at radius 3 is 2.44 bits per heavy atom. The van der Waals surface area contributed by atoms with Crippen molar-refractivity contribution in [1.82, 2.24) is 10.2 Å². The Kier molecular flexibility index (Phi) is 3.50. The molecule has 0 aromatic heterocycles. The quantitative estimate of drug-likeness (QED) is 0.737. The van der Waals surface area contributed by atoms with E-state index in [1.807, 2.05) is 0 Å². The Morgan fingerprint density at radius 1 is 1.17 bits per heavy atom. The fourth-order valence-corrected chi connectivity index (χ4v) is 4.32. The second-order valence-corrected chi connectivity index (χ2v) is 6.78. The van der Waals surface area contributed by atoms with E-state index in [-0.39, 0.29) is 12.2 Å². The summed E-state index contributed by atoms with van der Waals surface area (Å²) >= 11 is 5.59. The van der Waals surface area contributed by atoms with Crippen molar-refractivity contribution in [2.75, 3.05) is 13.1 Å². The van der Waals surface area contributed by atoms with Crippen LogP contribution in [0, 0.1) is 11.8 Å².